The molecule has 0 N–H and O–H groups in total. The van der Waals surface area contributed by atoms with Crippen molar-refractivity contribution in [2.45, 2.75) is 90.9 Å². The van der Waals surface area contributed by atoms with Crippen LogP contribution in [0, 0.1) is 0 Å². The number of carbonyl (C=O) groups is 3. The maximum atomic E-state index is 15.5. The molecule has 9 rings (SSSR count). The van der Waals surface area contributed by atoms with E-state index in [9.17, 15) is 9.59 Å². The molecule has 4 aliphatic rings. The zero-order chi connectivity index (χ0) is 43.0. The fourth-order valence-electron chi connectivity index (χ4n) is 9.41. The van der Waals surface area contributed by atoms with Gasteiger partial charge in [0.05, 0.1) is 18.8 Å². The second-order valence-corrected chi connectivity index (χ2v) is 18.1. The molecule has 62 heavy (non-hydrogen) atoms. The molecule has 0 saturated carbocycles. The Morgan fingerprint density at radius 1 is 0.774 bits per heavy atom. The van der Waals surface area contributed by atoms with Crippen molar-refractivity contribution < 1.29 is 28.6 Å². The van der Waals surface area contributed by atoms with Crippen molar-refractivity contribution in [2.24, 2.45) is 0 Å². The van der Waals surface area contributed by atoms with Crippen molar-refractivity contribution in [2.75, 3.05) is 44.8 Å². The number of aromatic nitrogens is 1. The largest absolute Gasteiger partial charge is 0.489 e. The molecule has 3 amide bonds. The summed E-state index contributed by atoms with van der Waals surface area (Å²) in [5.41, 5.74) is 9.39. The highest BCUT2D eigenvalue weighted by Gasteiger charge is 2.37. The van der Waals surface area contributed by atoms with E-state index in [0.29, 0.717) is 50.6 Å². The van der Waals surface area contributed by atoms with E-state index in [-0.39, 0.29) is 23.9 Å². The van der Waals surface area contributed by atoms with E-state index in [1.54, 1.807) is 9.80 Å². The predicted octanol–water partition coefficient (Wildman–Crippen LogP) is 8.50. The zero-order valence-electron chi connectivity index (χ0n) is 36.4. The molecule has 0 radical (unpaired) electrons. The summed E-state index contributed by atoms with van der Waals surface area (Å²) in [5.74, 6) is 0.575. The first-order valence-corrected chi connectivity index (χ1v) is 22.1. The topological polar surface area (TPSA) is 96.8 Å². The quantitative estimate of drug-likeness (QED) is 0.147. The molecule has 5 heterocycles. The summed E-state index contributed by atoms with van der Waals surface area (Å²) >= 11 is 0. The van der Waals surface area contributed by atoms with E-state index in [4.69, 9.17) is 14.2 Å². The lowest BCUT2D eigenvalue weighted by atomic mass is 9.91. The summed E-state index contributed by atoms with van der Waals surface area (Å²) in [4.78, 5) is 51.4. The molecule has 0 aliphatic carbocycles. The van der Waals surface area contributed by atoms with Gasteiger partial charge in [0, 0.05) is 87.1 Å². The van der Waals surface area contributed by atoms with Gasteiger partial charge < -0.3 is 28.6 Å². The Morgan fingerprint density at radius 2 is 1.48 bits per heavy atom. The summed E-state index contributed by atoms with van der Waals surface area (Å²) in [6.45, 7) is 11.8. The minimum Gasteiger partial charge on any atom is -0.489 e. The number of anilines is 1. The van der Waals surface area contributed by atoms with Crippen molar-refractivity contribution >= 4 is 23.6 Å². The molecule has 4 aromatic carbocycles. The Kier molecular flexibility index (Phi) is 11.7. The first kappa shape index (κ1) is 41.4. The molecule has 4 aliphatic heterocycles. The number of morpholine rings is 1. The molecular weight excluding hydrogens is 779 g/mol. The Hall–Kier alpha value is -5.91. The fourth-order valence-corrected chi connectivity index (χ4v) is 9.41. The standard InChI is InChI=1S/C51H57N5O6/c1-51(2,3)62-50(59)54-30-38-27-43(44(28-39(38)31-54)49(58)56-32-37-15-9-8-14-36(37)26-41(56)33-53-22-24-60-25-23-53)47-29-45(46-16-10-11-21-55(46)47)48(57)52(4)40-17-19-42(20-18-40)61-34-35-12-6-5-7-13-35/h5-9,12-15,17-20,27-29,41H,10-11,16,21-26,30-34H2,1-4H3/t41-/m0/s1. The van der Waals surface area contributed by atoms with Gasteiger partial charge in [-0.25, -0.2) is 4.79 Å². The van der Waals surface area contributed by atoms with Crippen molar-refractivity contribution in [3.05, 3.63) is 142 Å². The Balaban J connectivity index is 1.07. The van der Waals surface area contributed by atoms with Crippen molar-refractivity contribution in [1.82, 2.24) is 19.3 Å². The van der Waals surface area contributed by atoms with Gasteiger partial charge >= 0.3 is 6.09 Å². The number of fused-ring (bicyclic) bond motifs is 3. The van der Waals surface area contributed by atoms with Gasteiger partial charge in [0.25, 0.3) is 11.8 Å². The average molecular weight is 836 g/mol. The summed E-state index contributed by atoms with van der Waals surface area (Å²) in [6.07, 6.45) is 3.07. The summed E-state index contributed by atoms with van der Waals surface area (Å²) in [5, 5.41) is 0. The lowest BCUT2D eigenvalue weighted by Crippen LogP contribution is -2.52. The zero-order valence-corrected chi connectivity index (χ0v) is 36.4. The van der Waals surface area contributed by atoms with Crippen LogP contribution in [-0.4, -0.2) is 88.7 Å². The van der Waals surface area contributed by atoms with Gasteiger partial charge in [0.1, 0.15) is 18.0 Å². The molecule has 11 heteroatoms. The normalized spacial score (nSPS) is 17.5. The van der Waals surface area contributed by atoms with E-state index in [2.05, 4.69) is 38.6 Å². The highest BCUT2D eigenvalue weighted by Crippen LogP contribution is 2.39. The van der Waals surface area contributed by atoms with Gasteiger partial charge in [0.15, 0.2) is 0 Å². The van der Waals surface area contributed by atoms with Gasteiger partial charge in [-0.1, -0.05) is 54.6 Å². The first-order valence-electron chi connectivity index (χ1n) is 22.1. The van der Waals surface area contributed by atoms with Crippen LogP contribution in [-0.2, 0) is 55.1 Å². The van der Waals surface area contributed by atoms with Crippen molar-refractivity contribution in [3.8, 4) is 17.0 Å². The number of rotatable bonds is 9. The molecule has 11 nitrogen and oxygen atoms in total. The van der Waals surface area contributed by atoms with E-state index in [1.165, 1.54) is 5.56 Å². The molecule has 1 saturated heterocycles. The summed E-state index contributed by atoms with van der Waals surface area (Å²) in [7, 11) is 1.81. The van der Waals surface area contributed by atoms with Crippen molar-refractivity contribution in [3.63, 3.8) is 0 Å². The average Bonchev–Trinajstić information content (AvgIpc) is 3.89. The van der Waals surface area contributed by atoms with Crippen LogP contribution in [0.4, 0.5) is 10.5 Å². The molecule has 1 atom stereocenters. The van der Waals surface area contributed by atoms with E-state index in [1.807, 2.05) is 101 Å². The van der Waals surface area contributed by atoms with Gasteiger partial charge in [-0.15, -0.1) is 0 Å². The number of hydrogen-bond donors (Lipinski definition) is 0. The molecule has 0 spiro atoms. The third-order valence-electron chi connectivity index (χ3n) is 12.7. The Morgan fingerprint density at radius 3 is 2.23 bits per heavy atom. The number of hydrogen-bond acceptors (Lipinski definition) is 7. The van der Waals surface area contributed by atoms with Crippen LogP contribution >= 0.6 is 0 Å². The number of amides is 3. The summed E-state index contributed by atoms with van der Waals surface area (Å²) < 4.78 is 19.8. The molecular formula is C51H57N5O6. The second-order valence-electron chi connectivity index (χ2n) is 18.1. The third kappa shape index (κ3) is 8.74. The lowest BCUT2D eigenvalue weighted by molar-refractivity contribution is 0.0192. The second kappa shape index (κ2) is 17.5. The summed E-state index contributed by atoms with van der Waals surface area (Å²) in [6, 6.07) is 32.2. The van der Waals surface area contributed by atoms with Crippen LogP contribution in [0.5, 0.6) is 5.75 Å². The number of carbonyl (C=O) groups excluding carboxylic acids is 3. The van der Waals surface area contributed by atoms with Crippen molar-refractivity contribution in [1.29, 1.82) is 0 Å². The van der Waals surface area contributed by atoms with Crippen LogP contribution in [0.15, 0.2) is 97.1 Å². The third-order valence-corrected chi connectivity index (χ3v) is 12.7. The van der Waals surface area contributed by atoms with Crippen LogP contribution < -0.4 is 9.64 Å². The maximum absolute atomic E-state index is 15.5. The predicted molar refractivity (Wildman–Crippen MR) is 239 cm³/mol. The first-order chi connectivity index (χ1) is 30.0. The number of benzene rings is 4. The number of ether oxygens (including phenoxy) is 3. The fraction of sp³-hybridized carbons (Fsp3) is 0.392. The molecule has 0 bridgehead atoms. The van der Waals surface area contributed by atoms with Gasteiger partial charge in [-0.05, 0) is 117 Å². The van der Waals surface area contributed by atoms with Gasteiger partial charge in [0.2, 0.25) is 0 Å². The highest BCUT2D eigenvalue weighted by atomic mass is 16.6. The monoisotopic (exact) mass is 835 g/mol. The Labute approximate surface area is 364 Å². The highest BCUT2D eigenvalue weighted by molar-refractivity contribution is 6.08. The van der Waals surface area contributed by atoms with E-state index in [0.717, 1.165) is 103 Å². The molecule has 1 fully saturated rings. The molecule has 0 unspecified atom stereocenters. The van der Waals surface area contributed by atoms with E-state index < -0.39 is 5.60 Å². The number of nitrogens with zero attached hydrogens (tertiary/aromatic N) is 5. The SMILES string of the molecule is CN(C(=O)c1cc(-c2cc3c(cc2C(=O)N2Cc4ccccc4C[C@H]2CN2CCOCC2)CN(C(=O)OC(C)(C)C)C3)n2c1CCCC2)c1ccc(OCc2ccccc2)cc1. The minimum absolute atomic E-state index is 0.0443. The van der Waals surface area contributed by atoms with Crippen LogP contribution in [0.1, 0.15) is 87.8 Å². The smallest absolute Gasteiger partial charge is 0.410 e. The van der Waals surface area contributed by atoms with Crippen LogP contribution in [0.25, 0.3) is 11.3 Å². The molecule has 5 aromatic rings. The van der Waals surface area contributed by atoms with Crippen LogP contribution in [0.3, 0.4) is 0 Å². The van der Waals surface area contributed by atoms with Gasteiger partial charge in [-0.2, -0.15) is 0 Å². The van der Waals surface area contributed by atoms with Crippen LogP contribution in [0.2, 0.25) is 0 Å². The Bertz CT molecular complexity index is 2450. The molecule has 1 aromatic heterocycles. The van der Waals surface area contributed by atoms with Gasteiger partial charge in [-0.3, -0.25) is 19.4 Å². The maximum Gasteiger partial charge on any atom is 0.410 e. The lowest BCUT2D eigenvalue weighted by Gasteiger charge is -2.40. The van der Waals surface area contributed by atoms with E-state index >= 15 is 4.79 Å². The minimum atomic E-state index is -0.641. The molecule has 322 valence electrons.